The van der Waals surface area contributed by atoms with Crippen LogP contribution in [0.3, 0.4) is 0 Å². The lowest BCUT2D eigenvalue weighted by atomic mass is 10.0. The van der Waals surface area contributed by atoms with Crippen LogP contribution in [0.25, 0.3) is 0 Å². The molecule has 0 aliphatic heterocycles. The molecule has 0 spiro atoms. The first-order valence-corrected chi connectivity index (χ1v) is 4.38. The van der Waals surface area contributed by atoms with Gasteiger partial charge in [-0.3, -0.25) is 14.9 Å². The molecule has 0 radical (unpaired) electrons. The lowest BCUT2D eigenvalue weighted by molar-refractivity contribution is -0.384. The molecule has 0 bridgehead atoms. The molecule has 1 rings (SSSR count). The van der Waals surface area contributed by atoms with Crippen LogP contribution in [-0.4, -0.2) is 18.0 Å². The third-order valence-electron chi connectivity index (χ3n) is 2.16. The molecule has 15 heavy (non-hydrogen) atoms. The molecule has 1 unspecified atom stereocenters. The third kappa shape index (κ3) is 2.52. The van der Waals surface area contributed by atoms with Crippen LogP contribution in [0, 0.1) is 10.1 Å². The Balaban J connectivity index is 2.89. The Morgan fingerprint density at radius 2 is 1.93 bits per heavy atom. The number of non-ortho nitro benzene ring substituents is 1. The summed E-state index contributed by atoms with van der Waals surface area (Å²) in [6.45, 7) is 1.69. The number of rotatable bonds is 3. The van der Waals surface area contributed by atoms with Crippen molar-refractivity contribution in [2.24, 2.45) is 0 Å². The zero-order valence-electron chi connectivity index (χ0n) is 8.47. The van der Waals surface area contributed by atoms with Gasteiger partial charge in [0.05, 0.1) is 18.0 Å². The third-order valence-corrected chi connectivity index (χ3v) is 2.16. The molecule has 0 N–H and O–H groups in total. The normalized spacial score (nSPS) is 11.9. The molecule has 5 nitrogen and oxygen atoms in total. The van der Waals surface area contributed by atoms with Crippen LogP contribution in [0.4, 0.5) is 5.69 Å². The van der Waals surface area contributed by atoms with Crippen molar-refractivity contribution in [1.82, 2.24) is 0 Å². The molecule has 0 heterocycles. The molecule has 0 fully saturated rings. The monoisotopic (exact) mass is 209 g/mol. The molecule has 0 amide bonds. The summed E-state index contributed by atoms with van der Waals surface area (Å²) in [6, 6.07) is 5.85. The summed E-state index contributed by atoms with van der Waals surface area (Å²) in [7, 11) is 1.31. The van der Waals surface area contributed by atoms with Crippen molar-refractivity contribution in [2.45, 2.75) is 12.8 Å². The molecule has 1 atom stereocenters. The van der Waals surface area contributed by atoms with E-state index in [2.05, 4.69) is 4.74 Å². The maximum absolute atomic E-state index is 11.2. The Morgan fingerprint density at radius 1 is 1.40 bits per heavy atom. The number of carbonyl (C=O) groups excluding carboxylic acids is 1. The van der Waals surface area contributed by atoms with E-state index in [0.717, 1.165) is 0 Å². The fraction of sp³-hybridized carbons (Fsp3) is 0.300. The zero-order chi connectivity index (χ0) is 11.4. The number of benzene rings is 1. The quantitative estimate of drug-likeness (QED) is 0.433. The summed E-state index contributed by atoms with van der Waals surface area (Å²) < 4.78 is 4.57. The summed E-state index contributed by atoms with van der Waals surface area (Å²) in [4.78, 5) is 21.1. The van der Waals surface area contributed by atoms with Crippen LogP contribution in [0.1, 0.15) is 18.4 Å². The number of methoxy groups -OCH3 is 1. The molecule has 0 saturated carbocycles. The Hall–Kier alpha value is -1.91. The molecule has 5 heteroatoms. The predicted molar refractivity (Wildman–Crippen MR) is 53.5 cm³/mol. The highest BCUT2D eigenvalue weighted by Crippen LogP contribution is 2.19. The smallest absolute Gasteiger partial charge is 0.312 e. The summed E-state index contributed by atoms with van der Waals surface area (Å²) >= 11 is 0. The van der Waals surface area contributed by atoms with Gasteiger partial charge in [-0.1, -0.05) is 12.1 Å². The summed E-state index contributed by atoms with van der Waals surface area (Å²) in [5, 5.41) is 10.4. The van der Waals surface area contributed by atoms with Gasteiger partial charge in [0.25, 0.3) is 5.69 Å². The standard InChI is InChI=1S/C10H11NO4/c1-7(10(12)15-2)8-3-5-9(6-4-8)11(13)14/h3-7H,1-2H3. The highest BCUT2D eigenvalue weighted by atomic mass is 16.6. The minimum atomic E-state index is -0.480. The number of hydrogen-bond donors (Lipinski definition) is 0. The second kappa shape index (κ2) is 4.54. The van der Waals surface area contributed by atoms with Crippen molar-refractivity contribution in [3.05, 3.63) is 39.9 Å². The first kappa shape index (κ1) is 11.2. The van der Waals surface area contributed by atoms with Crippen molar-refractivity contribution in [1.29, 1.82) is 0 Å². The van der Waals surface area contributed by atoms with Crippen molar-refractivity contribution < 1.29 is 14.5 Å². The molecule has 0 saturated heterocycles. The van der Waals surface area contributed by atoms with Crippen LogP contribution in [-0.2, 0) is 9.53 Å². The molecular weight excluding hydrogens is 198 g/mol. The van der Waals surface area contributed by atoms with Crippen LogP contribution >= 0.6 is 0 Å². The average molecular weight is 209 g/mol. The Labute approximate surface area is 86.8 Å². The second-order valence-corrected chi connectivity index (χ2v) is 3.09. The van der Waals surface area contributed by atoms with E-state index in [-0.39, 0.29) is 11.7 Å². The molecule has 80 valence electrons. The van der Waals surface area contributed by atoms with Gasteiger partial charge in [-0.25, -0.2) is 0 Å². The highest BCUT2D eigenvalue weighted by molar-refractivity contribution is 5.77. The van der Waals surface area contributed by atoms with E-state index >= 15 is 0 Å². The van der Waals surface area contributed by atoms with Crippen LogP contribution in [0.5, 0.6) is 0 Å². The first-order valence-electron chi connectivity index (χ1n) is 4.38. The summed E-state index contributed by atoms with van der Waals surface area (Å²) in [6.07, 6.45) is 0. The molecule has 1 aromatic carbocycles. The van der Waals surface area contributed by atoms with Gasteiger partial charge in [0.2, 0.25) is 0 Å². The number of ether oxygens (including phenoxy) is 1. The minimum Gasteiger partial charge on any atom is -0.469 e. The van der Waals surface area contributed by atoms with Gasteiger partial charge < -0.3 is 4.74 Å². The Morgan fingerprint density at radius 3 is 2.33 bits per heavy atom. The van der Waals surface area contributed by atoms with Gasteiger partial charge in [-0.05, 0) is 12.5 Å². The van der Waals surface area contributed by atoms with Crippen molar-refractivity contribution in [3.8, 4) is 0 Å². The van der Waals surface area contributed by atoms with Crippen LogP contribution in [0.15, 0.2) is 24.3 Å². The first-order chi connectivity index (χ1) is 7.06. The zero-order valence-corrected chi connectivity index (χ0v) is 8.47. The molecule has 0 aliphatic rings. The number of carbonyl (C=O) groups is 1. The summed E-state index contributed by atoms with van der Waals surface area (Å²) in [5.74, 6) is -0.764. The van der Waals surface area contributed by atoms with E-state index in [4.69, 9.17) is 0 Å². The summed E-state index contributed by atoms with van der Waals surface area (Å²) in [5.41, 5.74) is 0.711. The van der Waals surface area contributed by atoms with E-state index in [9.17, 15) is 14.9 Å². The van der Waals surface area contributed by atoms with Crippen molar-refractivity contribution in [2.75, 3.05) is 7.11 Å². The Kier molecular flexibility index (Phi) is 3.38. The average Bonchev–Trinajstić information content (AvgIpc) is 2.27. The lowest BCUT2D eigenvalue weighted by Gasteiger charge is -2.08. The predicted octanol–water partition coefficient (Wildman–Crippen LogP) is 1.87. The van der Waals surface area contributed by atoms with Gasteiger partial charge in [-0.15, -0.1) is 0 Å². The SMILES string of the molecule is COC(=O)C(C)c1ccc([N+](=O)[O-])cc1. The van der Waals surface area contributed by atoms with Gasteiger partial charge in [0.1, 0.15) is 0 Å². The lowest BCUT2D eigenvalue weighted by Crippen LogP contribution is -2.10. The van der Waals surface area contributed by atoms with Crippen LogP contribution in [0.2, 0.25) is 0 Å². The molecular formula is C10H11NO4. The van der Waals surface area contributed by atoms with Crippen LogP contribution < -0.4 is 0 Å². The largest absolute Gasteiger partial charge is 0.469 e. The molecule has 1 aromatic rings. The van der Waals surface area contributed by atoms with E-state index < -0.39 is 10.8 Å². The van der Waals surface area contributed by atoms with E-state index in [1.54, 1.807) is 19.1 Å². The van der Waals surface area contributed by atoms with Gasteiger partial charge in [-0.2, -0.15) is 0 Å². The number of hydrogen-bond acceptors (Lipinski definition) is 4. The fourth-order valence-corrected chi connectivity index (χ4v) is 1.20. The van der Waals surface area contributed by atoms with Gasteiger partial charge in [0.15, 0.2) is 0 Å². The number of nitrogens with zero attached hydrogens (tertiary/aromatic N) is 1. The number of nitro groups is 1. The van der Waals surface area contributed by atoms with Crippen molar-refractivity contribution >= 4 is 11.7 Å². The van der Waals surface area contributed by atoms with Gasteiger partial charge in [0, 0.05) is 12.1 Å². The maximum Gasteiger partial charge on any atom is 0.312 e. The van der Waals surface area contributed by atoms with E-state index in [1.165, 1.54) is 19.2 Å². The van der Waals surface area contributed by atoms with E-state index in [0.29, 0.717) is 5.56 Å². The van der Waals surface area contributed by atoms with Gasteiger partial charge >= 0.3 is 5.97 Å². The Bertz CT molecular complexity index is 372. The second-order valence-electron chi connectivity index (χ2n) is 3.09. The molecule has 0 aliphatic carbocycles. The molecule has 0 aromatic heterocycles. The maximum atomic E-state index is 11.2. The number of nitro benzene ring substituents is 1. The van der Waals surface area contributed by atoms with Crippen molar-refractivity contribution in [3.63, 3.8) is 0 Å². The highest BCUT2D eigenvalue weighted by Gasteiger charge is 2.16. The number of esters is 1. The van der Waals surface area contributed by atoms with E-state index in [1.807, 2.05) is 0 Å². The minimum absolute atomic E-state index is 0.0100. The topological polar surface area (TPSA) is 69.4 Å². The fourth-order valence-electron chi connectivity index (χ4n) is 1.20.